The molecule has 6 nitrogen and oxygen atoms in total. The third-order valence-electron chi connectivity index (χ3n) is 3.05. The Morgan fingerprint density at radius 3 is 1.96 bits per heavy atom. The average molecular weight is 362 g/mol. The Balaban J connectivity index is 2.48. The number of nitrogens with zero attached hydrogens (tertiary/aromatic N) is 2. The lowest BCUT2D eigenvalue weighted by atomic mass is 10.1. The van der Waals surface area contributed by atoms with Crippen LogP contribution in [0, 0.1) is 5.82 Å². The summed E-state index contributed by atoms with van der Waals surface area (Å²) in [5.74, 6) is -0.442. The van der Waals surface area contributed by atoms with Crippen molar-refractivity contribution in [3.63, 3.8) is 0 Å². The van der Waals surface area contributed by atoms with E-state index in [-0.39, 0.29) is 5.82 Å². The van der Waals surface area contributed by atoms with E-state index in [2.05, 4.69) is 4.98 Å². The summed E-state index contributed by atoms with van der Waals surface area (Å²) in [5.41, 5.74) is -1.64. The monoisotopic (exact) mass is 362 g/mol. The molecular weight excluding hydrogens is 339 g/mol. The Labute approximate surface area is 151 Å². The fourth-order valence-corrected chi connectivity index (χ4v) is 2.10. The van der Waals surface area contributed by atoms with E-state index in [1.807, 2.05) is 0 Å². The number of rotatable bonds is 1. The molecule has 7 heteroatoms. The van der Waals surface area contributed by atoms with E-state index in [4.69, 9.17) is 9.47 Å². The third-order valence-corrected chi connectivity index (χ3v) is 3.05. The molecule has 0 aliphatic heterocycles. The number of pyridine rings is 1. The van der Waals surface area contributed by atoms with E-state index >= 15 is 0 Å². The molecule has 140 valence electrons. The van der Waals surface area contributed by atoms with Gasteiger partial charge in [0.2, 0.25) is 0 Å². The summed E-state index contributed by atoms with van der Waals surface area (Å²) >= 11 is 0. The highest BCUT2D eigenvalue weighted by atomic mass is 19.1. The van der Waals surface area contributed by atoms with Crippen LogP contribution in [0.4, 0.5) is 19.8 Å². The fourth-order valence-electron chi connectivity index (χ4n) is 2.10. The largest absolute Gasteiger partial charge is 0.443 e. The molecule has 0 spiro atoms. The number of halogens is 1. The molecule has 2 amide bonds. The molecule has 0 aliphatic rings. The molecule has 1 aromatic heterocycles. The van der Waals surface area contributed by atoms with Gasteiger partial charge in [-0.25, -0.2) is 19.0 Å². The topological polar surface area (TPSA) is 68.7 Å². The second-order valence-electron chi connectivity index (χ2n) is 7.83. The smallest absolute Gasteiger partial charge is 0.425 e. The summed E-state index contributed by atoms with van der Waals surface area (Å²) < 4.78 is 24.1. The molecule has 1 aromatic carbocycles. The highest BCUT2D eigenvalue weighted by Crippen LogP contribution is 2.24. The van der Waals surface area contributed by atoms with Gasteiger partial charge >= 0.3 is 12.2 Å². The van der Waals surface area contributed by atoms with Crippen LogP contribution in [0.25, 0.3) is 10.8 Å². The van der Waals surface area contributed by atoms with E-state index < -0.39 is 29.2 Å². The zero-order valence-electron chi connectivity index (χ0n) is 15.8. The van der Waals surface area contributed by atoms with Gasteiger partial charge in [0.05, 0.1) is 0 Å². The molecule has 0 N–H and O–H groups in total. The first-order chi connectivity index (χ1) is 11.9. The molecule has 0 atom stereocenters. The number of carbonyl (C=O) groups excluding carboxylic acids is 2. The van der Waals surface area contributed by atoms with Crippen molar-refractivity contribution in [2.24, 2.45) is 0 Å². The predicted octanol–water partition coefficient (Wildman–Crippen LogP) is 5.05. The van der Waals surface area contributed by atoms with Crippen LogP contribution < -0.4 is 4.90 Å². The zero-order valence-corrected chi connectivity index (χ0v) is 15.8. The minimum atomic E-state index is -0.921. The van der Waals surface area contributed by atoms with E-state index in [0.717, 1.165) is 0 Å². The quantitative estimate of drug-likeness (QED) is 0.710. The molecule has 26 heavy (non-hydrogen) atoms. The second kappa shape index (κ2) is 6.90. The van der Waals surface area contributed by atoms with Crippen LogP contribution in [-0.4, -0.2) is 28.4 Å². The van der Waals surface area contributed by atoms with Gasteiger partial charge in [-0.15, -0.1) is 0 Å². The molecule has 0 saturated carbocycles. The first-order valence-electron chi connectivity index (χ1n) is 8.17. The predicted molar refractivity (Wildman–Crippen MR) is 96.6 cm³/mol. The average Bonchev–Trinajstić information content (AvgIpc) is 2.42. The zero-order chi connectivity index (χ0) is 19.7. The van der Waals surface area contributed by atoms with E-state index in [1.54, 1.807) is 47.6 Å². The van der Waals surface area contributed by atoms with Gasteiger partial charge in [0, 0.05) is 11.6 Å². The van der Waals surface area contributed by atoms with Crippen LogP contribution in [0.1, 0.15) is 41.5 Å². The summed E-state index contributed by atoms with van der Waals surface area (Å²) in [6.07, 6.45) is -0.392. The number of carbonyl (C=O) groups is 2. The number of fused-ring (bicyclic) bond motifs is 1. The van der Waals surface area contributed by atoms with Crippen LogP contribution in [-0.2, 0) is 9.47 Å². The van der Waals surface area contributed by atoms with Crippen molar-refractivity contribution in [2.75, 3.05) is 4.90 Å². The summed E-state index contributed by atoms with van der Waals surface area (Å²) in [6.45, 7) is 10.1. The molecule has 0 saturated heterocycles. The molecule has 2 rings (SSSR count). The van der Waals surface area contributed by atoms with Gasteiger partial charge in [-0.1, -0.05) is 0 Å². The third kappa shape index (κ3) is 5.15. The lowest BCUT2D eigenvalue weighted by Gasteiger charge is -2.28. The van der Waals surface area contributed by atoms with Gasteiger partial charge in [-0.3, -0.25) is 0 Å². The maximum Gasteiger partial charge on any atom is 0.425 e. The molecule has 0 fully saturated rings. The van der Waals surface area contributed by atoms with E-state index in [0.29, 0.717) is 15.7 Å². The molecular formula is C19H23FN2O4. The lowest BCUT2D eigenvalue weighted by Crippen LogP contribution is -2.44. The van der Waals surface area contributed by atoms with E-state index in [9.17, 15) is 14.0 Å². The second-order valence-corrected chi connectivity index (χ2v) is 7.83. The number of aromatic nitrogens is 1. The van der Waals surface area contributed by atoms with Crippen LogP contribution in [0.15, 0.2) is 30.5 Å². The van der Waals surface area contributed by atoms with Crippen molar-refractivity contribution in [2.45, 2.75) is 52.7 Å². The minimum absolute atomic E-state index is 0.00778. The summed E-state index contributed by atoms with van der Waals surface area (Å²) in [4.78, 5) is 30.0. The maximum absolute atomic E-state index is 13.5. The van der Waals surface area contributed by atoms with Gasteiger partial charge < -0.3 is 9.47 Å². The lowest BCUT2D eigenvalue weighted by molar-refractivity contribution is 0.0429. The normalized spacial score (nSPS) is 12.0. The Morgan fingerprint density at radius 1 is 0.923 bits per heavy atom. The van der Waals surface area contributed by atoms with Gasteiger partial charge in [0.25, 0.3) is 0 Å². The first-order valence-corrected chi connectivity index (χ1v) is 8.17. The maximum atomic E-state index is 13.5. The van der Waals surface area contributed by atoms with Gasteiger partial charge in [-0.05, 0) is 71.2 Å². The van der Waals surface area contributed by atoms with Crippen LogP contribution >= 0.6 is 0 Å². The molecule has 2 aromatic rings. The molecule has 1 heterocycles. The number of anilines is 1. The van der Waals surface area contributed by atoms with Gasteiger partial charge in [0.1, 0.15) is 22.8 Å². The Kier molecular flexibility index (Phi) is 5.21. The van der Waals surface area contributed by atoms with Gasteiger partial charge in [-0.2, -0.15) is 4.90 Å². The molecule has 0 aliphatic carbocycles. The number of ether oxygens (including phenoxy) is 2. The molecule has 0 unspecified atom stereocenters. The molecule has 0 bridgehead atoms. The highest BCUT2D eigenvalue weighted by molar-refractivity contribution is 6.09. The van der Waals surface area contributed by atoms with E-state index in [1.165, 1.54) is 24.4 Å². The van der Waals surface area contributed by atoms with Crippen molar-refractivity contribution in [1.82, 2.24) is 4.98 Å². The van der Waals surface area contributed by atoms with Crippen LogP contribution in [0.3, 0.4) is 0 Å². The van der Waals surface area contributed by atoms with Crippen molar-refractivity contribution >= 4 is 28.8 Å². The number of benzene rings is 1. The van der Waals surface area contributed by atoms with Gasteiger partial charge in [0.15, 0.2) is 0 Å². The Bertz CT molecular complexity index is 810. The summed E-state index contributed by atoms with van der Waals surface area (Å²) in [5, 5.41) is 1.16. The summed E-state index contributed by atoms with van der Waals surface area (Å²) in [7, 11) is 0. The standard InChI is InChI=1S/C19H23FN2O4/c1-18(2,3)25-16(23)22(17(24)26-19(4,5)6)15-10-13-9-14(20)8-7-12(13)11-21-15/h7-11H,1-6H3. The van der Waals surface area contributed by atoms with Crippen LogP contribution in [0.5, 0.6) is 0 Å². The SMILES string of the molecule is CC(C)(C)OC(=O)N(C(=O)OC(C)(C)C)c1cc2cc(F)ccc2cn1. The van der Waals surface area contributed by atoms with Crippen molar-refractivity contribution in [1.29, 1.82) is 0 Å². The number of amides is 2. The van der Waals surface area contributed by atoms with Crippen molar-refractivity contribution < 1.29 is 23.5 Å². The Morgan fingerprint density at radius 2 is 1.46 bits per heavy atom. The highest BCUT2D eigenvalue weighted by Gasteiger charge is 2.33. The number of hydrogen-bond acceptors (Lipinski definition) is 5. The van der Waals surface area contributed by atoms with Crippen molar-refractivity contribution in [3.05, 3.63) is 36.3 Å². The van der Waals surface area contributed by atoms with Crippen molar-refractivity contribution in [3.8, 4) is 0 Å². The minimum Gasteiger partial charge on any atom is -0.443 e. The Hall–Kier alpha value is -2.70. The number of hydrogen-bond donors (Lipinski definition) is 0. The number of imide groups is 1. The molecule has 0 radical (unpaired) electrons. The first kappa shape index (κ1) is 19.6. The fraction of sp³-hybridized carbons (Fsp3) is 0.421. The summed E-state index contributed by atoms with van der Waals surface area (Å²) in [6, 6.07) is 5.60. The van der Waals surface area contributed by atoms with Crippen LogP contribution in [0.2, 0.25) is 0 Å².